The van der Waals surface area contributed by atoms with Crippen LogP contribution in [0.1, 0.15) is 17.1 Å². The molecule has 100 valence electrons. The van der Waals surface area contributed by atoms with Gasteiger partial charge >= 0.3 is 0 Å². The lowest BCUT2D eigenvalue weighted by Gasteiger charge is -2.06. The Kier molecular flexibility index (Phi) is 4.18. The molecule has 19 heavy (non-hydrogen) atoms. The van der Waals surface area contributed by atoms with Crippen LogP contribution in [0.5, 0.6) is 0 Å². The fourth-order valence-corrected chi connectivity index (χ4v) is 2.15. The van der Waals surface area contributed by atoms with E-state index in [1.165, 1.54) is 0 Å². The van der Waals surface area contributed by atoms with Crippen LogP contribution in [0, 0.1) is 24.3 Å². The molecule has 0 unspecified atom stereocenters. The number of aryl methyl sites for hydroxylation is 2. The van der Waals surface area contributed by atoms with E-state index in [-0.39, 0.29) is 12.5 Å². The summed E-state index contributed by atoms with van der Waals surface area (Å²) in [6, 6.07) is 5.53. The van der Waals surface area contributed by atoms with Crippen molar-refractivity contribution in [2.75, 3.05) is 5.32 Å². The van der Waals surface area contributed by atoms with Crippen LogP contribution in [0.2, 0.25) is 0 Å². The molecule has 2 rings (SSSR count). The van der Waals surface area contributed by atoms with E-state index in [2.05, 4.69) is 38.0 Å². The largest absolute Gasteiger partial charge is 0.309 e. The highest BCUT2D eigenvalue weighted by Gasteiger charge is 2.12. The first-order valence-electron chi connectivity index (χ1n) is 5.90. The second-order valence-corrected chi connectivity index (χ2v) is 5.43. The Hall–Kier alpha value is -1.44. The van der Waals surface area contributed by atoms with E-state index >= 15 is 0 Å². The monoisotopic (exact) mass is 370 g/mol. The third-order valence-electron chi connectivity index (χ3n) is 2.74. The molecule has 1 amide bonds. The maximum Gasteiger partial charge on any atom is 0.247 e. The number of rotatable bonds is 3. The lowest BCUT2D eigenvalue weighted by Crippen LogP contribution is -2.21. The fraction of sp³-hybridized carbons (Fsp3) is 0.308. The summed E-state index contributed by atoms with van der Waals surface area (Å²) in [4.78, 5) is 16.2. The first-order chi connectivity index (χ1) is 8.97. The molecule has 0 radical (unpaired) electrons. The van der Waals surface area contributed by atoms with Crippen molar-refractivity contribution in [3.8, 4) is 0 Å². The number of amides is 1. The zero-order valence-corrected chi connectivity index (χ0v) is 13.2. The first kappa shape index (κ1) is 14.0. The molecule has 2 aromatic heterocycles. The average molecular weight is 370 g/mol. The van der Waals surface area contributed by atoms with Gasteiger partial charge in [-0.05, 0) is 55.5 Å². The summed E-state index contributed by atoms with van der Waals surface area (Å²) in [5.41, 5.74) is 2.82. The van der Waals surface area contributed by atoms with Gasteiger partial charge < -0.3 is 5.32 Å². The van der Waals surface area contributed by atoms with E-state index < -0.39 is 0 Å². The number of hydrogen-bond acceptors (Lipinski definition) is 3. The third kappa shape index (κ3) is 3.31. The summed E-state index contributed by atoms with van der Waals surface area (Å²) < 4.78 is 2.81. The quantitative estimate of drug-likeness (QED) is 0.845. The molecule has 5 nitrogen and oxygen atoms in total. The Morgan fingerprint density at radius 2 is 2.11 bits per heavy atom. The van der Waals surface area contributed by atoms with Crippen molar-refractivity contribution in [1.29, 1.82) is 0 Å². The molecule has 6 heteroatoms. The molecule has 0 aliphatic carbocycles. The van der Waals surface area contributed by atoms with Gasteiger partial charge in [0.2, 0.25) is 5.91 Å². The highest BCUT2D eigenvalue weighted by Crippen LogP contribution is 2.15. The lowest BCUT2D eigenvalue weighted by molar-refractivity contribution is -0.117. The van der Waals surface area contributed by atoms with Crippen LogP contribution in [0.25, 0.3) is 0 Å². The Morgan fingerprint density at radius 3 is 2.68 bits per heavy atom. The van der Waals surface area contributed by atoms with Gasteiger partial charge in [0.1, 0.15) is 12.4 Å². The van der Waals surface area contributed by atoms with Crippen LogP contribution >= 0.6 is 22.6 Å². The van der Waals surface area contributed by atoms with E-state index in [9.17, 15) is 4.79 Å². The number of anilines is 1. The van der Waals surface area contributed by atoms with Crippen molar-refractivity contribution in [2.24, 2.45) is 0 Å². The second kappa shape index (κ2) is 5.68. The molecule has 0 atom stereocenters. The van der Waals surface area contributed by atoms with Crippen molar-refractivity contribution in [1.82, 2.24) is 14.8 Å². The molecular formula is C13H15IN4O. The maximum atomic E-state index is 12.0. The minimum absolute atomic E-state index is 0.125. The zero-order valence-electron chi connectivity index (χ0n) is 11.1. The Balaban J connectivity index is 2.07. The second-order valence-electron chi connectivity index (χ2n) is 4.35. The van der Waals surface area contributed by atoms with Crippen molar-refractivity contribution in [3.05, 3.63) is 38.9 Å². The third-order valence-corrected chi connectivity index (χ3v) is 4.30. The van der Waals surface area contributed by atoms with E-state index in [0.29, 0.717) is 5.82 Å². The van der Waals surface area contributed by atoms with Gasteiger partial charge in [0.15, 0.2) is 0 Å². The van der Waals surface area contributed by atoms with Gasteiger partial charge in [-0.15, -0.1) is 0 Å². The van der Waals surface area contributed by atoms with E-state index in [1.54, 1.807) is 10.7 Å². The minimum atomic E-state index is -0.125. The number of hydrogen-bond donors (Lipinski definition) is 1. The number of halogens is 1. The summed E-state index contributed by atoms with van der Waals surface area (Å²) >= 11 is 2.24. The fourth-order valence-electron chi connectivity index (χ4n) is 1.76. The van der Waals surface area contributed by atoms with Crippen LogP contribution < -0.4 is 5.32 Å². The molecular weight excluding hydrogens is 355 g/mol. The van der Waals surface area contributed by atoms with Crippen LogP contribution in [0.4, 0.5) is 5.82 Å². The van der Waals surface area contributed by atoms with Gasteiger partial charge in [-0.2, -0.15) is 5.10 Å². The average Bonchev–Trinajstić information content (AvgIpc) is 2.57. The lowest BCUT2D eigenvalue weighted by atomic mass is 10.3. The standard InChI is InChI=1S/C13H15IN4O/c1-8-5-4-6-11(15-8)16-12(19)7-18-10(3)13(14)9(2)17-18/h4-6H,7H2,1-3H3,(H,15,16,19). The number of carbonyl (C=O) groups excluding carboxylic acids is 1. The molecule has 0 aromatic carbocycles. The van der Waals surface area contributed by atoms with Crippen LogP contribution in [0.3, 0.4) is 0 Å². The molecule has 0 bridgehead atoms. The smallest absolute Gasteiger partial charge is 0.247 e. The maximum absolute atomic E-state index is 12.0. The normalized spacial score (nSPS) is 10.5. The van der Waals surface area contributed by atoms with Gasteiger partial charge in [-0.25, -0.2) is 4.98 Å². The molecule has 0 aliphatic heterocycles. The predicted molar refractivity (Wildman–Crippen MR) is 82.0 cm³/mol. The van der Waals surface area contributed by atoms with Gasteiger partial charge in [0.05, 0.1) is 9.26 Å². The highest BCUT2D eigenvalue weighted by molar-refractivity contribution is 14.1. The number of carbonyl (C=O) groups is 1. The summed E-state index contributed by atoms with van der Waals surface area (Å²) in [6.45, 7) is 5.98. The van der Waals surface area contributed by atoms with Crippen LogP contribution in [-0.2, 0) is 11.3 Å². The van der Waals surface area contributed by atoms with Crippen LogP contribution in [0.15, 0.2) is 18.2 Å². The molecule has 2 heterocycles. The summed E-state index contributed by atoms with van der Waals surface area (Å²) in [6.07, 6.45) is 0. The van der Waals surface area contributed by atoms with Crippen molar-refractivity contribution in [3.63, 3.8) is 0 Å². The molecule has 0 saturated heterocycles. The zero-order chi connectivity index (χ0) is 14.0. The summed E-state index contributed by atoms with van der Waals surface area (Å²) in [5, 5.41) is 7.11. The summed E-state index contributed by atoms with van der Waals surface area (Å²) in [7, 11) is 0. The molecule has 1 N–H and O–H groups in total. The SMILES string of the molecule is Cc1cccc(NC(=O)Cn2nc(C)c(I)c2C)n1. The van der Waals surface area contributed by atoms with Gasteiger partial charge in [-0.1, -0.05) is 6.07 Å². The Morgan fingerprint density at radius 1 is 1.37 bits per heavy atom. The molecule has 0 saturated carbocycles. The van der Waals surface area contributed by atoms with Crippen molar-refractivity contribution in [2.45, 2.75) is 27.3 Å². The number of nitrogens with one attached hydrogen (secondary N) is 1. The van der Waals surface area contributed by atoms with E-state index in [0.717, 1.165) is 20.7 Å². The Bertz CT molecular complexity index is 621. The topological polar surface area (TPSA) is 59.8 Å². The summed E-state index contributed by atoms with van der Waals surface area (Å²) in [5.74, 6) is 0.446. The van der Waals surface area contributed by atoms with E-state index in [4.69, 9.17) is 0 Å². The molecule has 0 fully saturated rings. The van der Waals surface area contributed by atoms with Crippen LogP contribution in [-0.4, -0.2) is 20.7 Å². The van der Waals surface area contributed by atoms with Gasteiger partial charge in [-0.3, -0.25) is 9.48 Å². The molecule has 0 aliphatic rings. The number of nitrogens with zero attached hydrogens (tertiary/aromatic N) is 3. The van der Waals surface area contributed by atoms with Crippen molar-refractivity contribution >= 4 is 34.3 Å². The number of aromatic nitrogens is 3. The Labute approximate surface area is 125 Å². The van der Waals surface area contributed by atoms with Crippen molar-refractivity contribution < 1.29 is 4.79 Å². The minimum Gasteiger partial charge on any atom is -0.309 e. The van der Waals surface area contributed by atoms with Gasteiger partial charge in [0.25, 0.3) is 0 Å². The number of pyridine rings is 1. The van der Waals surface area contributed by atoms with Gasteiger partial charge in [0, 0.05) is 11.4 Å². The first-order valence-corrected chi connectivity index (χ1v) is 6.98. The highest BCUT2D eigenvalue weighted by atomic mass is 127. The molecule has 2 aromatic rings. The molecule has 0 spiro atoms. The predicted octanol–water partition coefficient (Wildman–Crippen LogP) is 2.45. The van der Waals surface area contributed by atoms with E-state index in [1.807, 2.05) is 32.9 Å².